The molecule has 1 aliphatic rings. The summed E-state index contributed by atoms with van der Waals surface area (Å²) in [4.78, 5) is 25.9. The van der Waals surface area contributed by atoms with Crippen molar-refractivity contribution < 1.29 is 23.8 Å². The Morgan fingerprint density at radius 3 is 2.58 bits per heavy atom. The average Bonchev–Trinajstić information content (AvgIpc) is 3.34. The van der Waals surface area contributed by atoms with Crippen molar-refractivity contribution in [2.75, 3.05) is 6.79 Å². The van der Waals surface area contributed by atoms with Crippen molar-refractivity contribution in [3.63, 3.8) is 0 Å². The number of ether oxygens (including phenoxy) is 3. The second-order valence-corrected chi connectivity index (χ2v) is 8.78. The quantitative estimate of drug-likeness (QED) is 0.318. The zero-order chi connectivity index (χ0) is 25.5. The van der Waals surface area contributed by atoms with E-state index in [2.05, 4.69) is 15.8 Å². The number of rotatable bonds is 9. The van der Waals surface area contributed by atoms with Gasteiger partial charge in [-0.25, -0.2) is 5.43 Å². The molecule has 0 saturated heterocycles. The molecule has 0 aliphatic carbocycles. The van der Waals surface area contributed by atoms with Crippen LogP contribution in [-0.4, -0.2) is 37.0 Å². The van der Waals surface area contributed by atoms with E-state index in [1.165, 1.54) is 12.3 Å². The third-order valence-electron chi connectivity index (χ3n) is 5.27. The van der Waals surface area contributed by atoms with Crippen LogP contribution >= 0.6 is 23.2 Å². The normalized spacial score (nSPS) is 13.8. The molecule has 4 rings (SSSR count). The molecule has 2 N–H and O–H groups in total. The Balaban J connectivity index is 1.42. The van der Waals surface area contributed by atoms with Gasteiger partial charge in [0.25, 0.3) is 11.8 Å². The van der Waals surface area contributed by atoms with Gasteiger partial charge in [-0.1, -0.05) is 53.5 Å². The smallest absolute Gasteiger partial charge is 0.262 e. The topological polar surface area (TPSA) is 98.2 Å². The Morgan fingerprint density at radius 1 is 1.03 bits per heavy atom. The second-order valence-electron chi connectivity index (χ2n) is 7.93. The third-order valence-corrected chi connectivity index (χ3v) is 5.80. The minimum absolute atomic E-state index is 0.167. The van der Waals surface area contributed by atoms with Gasteiger partial charge in [0.05, 0.1) is 11.2 Å². The largest absolute Gasteiger partial charge is 0.479 e. The molecule has 3 aromatic carbocycles. The van der Waals surface area contributed by atoms with Crippen molar-refractivity contribution in [3.05, 3.63) is 87.9 Å². The number of benzene rings is 3. The molecule has 2 atom stereocenters. The lowest BCUT2D eigenvalue weighted by Crippen LogP contribution is -2.50. The molecule has 0 spiro atoms. The van der Waals surface area contributed by atoms with Crippen molar-refractivity contribution in [2.45, 2.75) is 25.5 Å². The van der Waals surface area contributed by atoms with Crippen LogP contribution in [0.1, 0.15) is 18.1 Å². The van der Waals surface area contributed by atoms with Crippen molar-refractivity contribution >= 4 is 41.2 Å². The molecule has 186 valence electrons. The van der Waals surface area contributed by atoms with Crippen LogP contribution < -0.4 is 25.0 Å². The number of nitrogens with one attached hydrogen (secondary N) is 2. The zero-order valence-electron chi connectivity index (χ0n) is 19.2. The molecule has 2 amide bonds. The average molecular weight is 528 g/mol. The standard InChI is InChI=1S/C26H23Cl2N3O5/c1-16(36-22-10-8-19(27)13-20(22)28)25(32)30-21(11-17-5-3-2-4-6-17)26(33)31-29-14-18-7-9-23-24(12-18)35-15-34-23/h2-10,12-14,16,21H,11,15H2,1H3,(H,30,32)(H,31,33)/b29-14-/t16-,21+/m0/s1. The summed E-state index contributed by atoms with van der Waals surface area (Å²) >= 11 is 12.1. The van der Waals surface area contributed by atoms with Crippen LogP contribution in [0.25, 0.3) is 0 Å². The second kappa shape index (κ2) is 11.8. The first kappa shape index (κ1) is 25.3. The zero-order valence-corrected chi connectivity index (χ0v) is 20.8. The molecule has 0 unspecified atom stereocenters. The van der Waals surface area contributed by atoms with E-state index in [1.54, 1.807) is 37.3 Å². The monoisotopic (exact) mass is 527 g/mol. The van der Waals surface area contributed by atoms with Gasteiger partial charge in [0.1, 0.15) is 11.8 Å². The van der Waals surface area contributed by atoms with Gasteiger partial charge in [-0.2, -0.15) is 5.10 Å². The van der Waals surface area contributed by atoms with Crippen LogP contribution in [0.15, 0.2) is 71.8 Å². The molecule has 10 heteroatoms. The van der Waals surface area contributed by atoms with E-state index >= 15 is 0 Å². The predicted octanol–water partition coefficient (Wildman–Crippen LogP) is 4.37. The number of carbonyl (C=O) groups is 2. The first-order valence-corrected chi connectivity index (χ1v) is 11.8. The number of hydrogen-bond acceptors (Lipinski definition) is 6. The highest BCUT2D eigenvalue weighted by atomic mass is 35.5. The lowest BCUT2D eigenvalue weighted by atomic mass is 10.1. The van der Waals surface area contributed by atoms with Gasteiger partial charge in [-0.3, -0.25) is 9.59 Å². The Labute approximate surface area is 218 Å². The lowest BCUT2D eigenvalue weighted by Gasteiger charge is -2.21. The van der Waals surface area contributed by atoms with Gasteiger partial charge < -0.3 is 19.5 Å². The van der Waals surface area contributed by atoms with Crippen LogP contribution in [0, 0.1) is 0 Å². The van der Waals surface area contributed by atoms with Gasteiger partial charge in [0.15, 0.2) is 17.6 Å². The van der Waals surface area contributed by atoms with E-state index in [0.717, 1.165) is 5.56 Å². The number of carbonyl (C=O) groups excluding carboxylic acids is 2. The Hall–Kier alpha value is -3.75. The van der Waals surface area contributed by atoms with Crippen molar-refractivity contribution in [1.29, 1.82) is 0 Å². The van der Waals surface area contributed by atoms with Crippen LogP contribution in [-0.2, 0) is 16.0 Å². The molecule has 3 aromatic rings. The van der Waals surface area contributed by atoms with Crippen molar-refractivity contribution in [2.24, 2.45) is 5.10 Å². The van der Waals surface area contributed by atoms with Gasteiger partial charge in [0, 0.05) is 11.4 Å². The highest BCUT2D eigenvalue weighted by molar-refractivity contribution is 6.35. The summed E-state index contributed by atoms with van der Waals surface area (Å²) in [7, 11) is 0. The van der Waals surface area contributed by atoms with Crippen molar-refractivity contribution in [3.8, 4) is 17.2 Å². The maximum absolute atomic E-state index is 13.0. The van der Waals surface area contributed by atoms with Crippen LogP contribution in [0.3, 0.4) is 0 Å². The molecule has 1 aliphatic heterocycles. The van der Waals surface area contributed by atoms with E-state index in [0.29, 0.717) is 27.8 Å². The molecule has 0 aromatic heterocycles. The Morgan fingerprint density at radius 2 is 1.81 bits per heavy atom. The first-order valence-electron chi connectivity index (χ1n) is 11.1. The number of nitrogens with zero attached hydrogens (tertiary/aromatic N) is 1. The first-order chi connectivity index (χ1) is 17.4. The van der Waals surface area contributed by atoms with Crippen LogP contribution in [0.4, 0.5) is 0 Å². The minimum atomic E-state index is -0.924. The summed E-state index contributed by atoms with van der Waals surface area (Å²) in [6.45, 7) is 1.73. The minimum Gasteiger partial charge on any atom is -0.479 e. The number of hydrogen-bond donors (Lipinski definition) is 2. The van der Waals surface area contributed by atoms with Gasteiger partial charge in [0.2, 0.25) is 6.79 Å². The SMILES string of the molecule is C[C@H](Oc1ccc(Cl)cc1Cl)C(=O)N[C@H](Cc1ccccc1)C(=O)N/N=C\c1ccc2c(c1)OCO2. The predicted molar refractivity (Wildman–Crippen MR) is 137 cm³/mol. The molecule has 0 fully saturated rings. The fourth-order valence-corrected chi connectivity index (χ4v) is 3.86. The van der Waals surface area contributed by atoms with Crippen LogP contribution in [0.5, 0.6) is 17.2 Å². The number of fused-ring (bicyclic) bond motifs is 1. The molecule has 36 heavy (non-hydrogen) atoms. The maximum atomic E-state index is 13.0. The van der Waals surface area contributed by atoms with E-state index < -0.39 is 24.0 Å². The molecule has 0 saturated carbocycles. The summed E-state index contributed by atoms with van der Waals surface area (Å²) < 4.78 is 16.3. The maximum Gasteiger partial charge on any atom is 0.262 e. The fraction of sp³-hybridized carbons (Fsp3) is 0.192. The van der Waals surface area contributed by atoms with Crippen LogP contribution in [0.2, 0.25) is 10.0 Å². The summed E-state index contributed by atoms with van der Waals surface area (Å²) in [5.41, 5.74) is 4.08. The number of hydrazone groups is 1. The van der Waals surface area contributed by atoms with E-state index in [4.69, 9.17) is 37.4 Å². The van der Waals surface area contributed by atoms with Gasteiger partial charge in [-0.05, 0) is 54.4 Å². The van der Waals surface area contributed by atoms with Gasteiger partial charge >= 0.3 is 0 Å². The third kappa shape index (κ3) is 6.68. The molecular weight excluding hydrogens is 505 g/mol. The number of halogens is 2. The highest BCUT2D eigenvalue weighted by Gasteiger charge is 2.25. The van der Waals surface area contributed by atoms with Gasteiger partial charge in [-0.15, -0.1) is 0 Å². The van der Waals surface area contributed by atoms with E-state index in [9.17, 15) is 9.59 Å². The summed E-state index contributed by atoms with van der Waals surface area (Å²) in [5, 5.41) is 7.50. The summed E-state index contributed by atoms with van der Waals surface area (Å²) in [6.07, 6.45) is 0.814. The summed E-state index contributed by atoms with van der Waals surface area (Å²) in [5.74, 6) is 0.589. The Kier molecular flexibility index (Phi) is 8.30. The molecule has 0 radical (unpaired) electrons. The fourth-order valence-electron chi connectivity index (χ4n) is 3.40. The van der Waals surface area contributed by atoms with E-state index in [1.807, 2.05) is 30.3 Å². The highest BCUT2D eigenvalue weighted by Crippen LogP contribution is 2.32. The Bertz CT molecular complexity index is 1270. The lowest BCUT2D eigenvalue weighted by molar-refractivity contribution is -0.132. The van der Waals surface area contributed by atoms with Crippen molar-refractivity contribution in [1.82, 2.24) is 10.7 Å². The summed E-state index contributed by atoms with van der Waals surface area (Å²) in [6, 6.07) is 18.4. The van der Waals surface area contributed by atoms with E-state index in [-0.39, 0.29) is 18.2 Å². The molecule has 8 nitrogen and oxygen atoms in total. The molecule has 0 bridgehead atoms. The molecular formula is C26H23Cl2N3O5. The number of amides is 2. The molecule has 1 heterocycles.